The molecule has 134 valence electrons. The summed E-state index contributed by atoms with van der Waals surface area (Å²) in [5, 5.41) is 9.98. The molecule has 8 nitrogen and oxygen atoms in total. The Bertz CT molecular complexity index is 850. The molecule has 0 radical (unpaired) electrons. The molecule has 0 aliphatic carbocycles. The van der Waals surface area contributed by atoms with Crippen molar-refractivity contribution in [3.63, 3.8) is 0 Å². The zero-order chi connectivity index (χ0) is 18.2. The van der Waals surface area contributed by atoms with Crippen LogP contribution in [0.2, 0.25) is 0 Å². The molecule has 0 saturated carbocycles. The van der Waals surface area contributed by atoms with Crippen LogP contribution in [-0.2, 0) is 17.8 Å². The lowest BCUT2D eigenvalue weighted by molar-refractivity contribution is -0.116. The number of carbonyl (C=O) groups is 1. The largest absolute Gasteiger partial charge is 0.339 e. The predicted molar refractivity (Wildman–Crippen MR) is 96.1 cm³/mol. The maximum Gasteiger partial charge on any atom is 0.240 e. The number of carbonyl (C=O) groups excluding carboxylic acids is 1. The molecule has 26 heavy (non-hydrogen) atoms. The van der Waals surface area contributed by atoms with Crippen LogP contribution in [0, 0.1) is 0 Å². The van der Waals surface area contributed by atoms with Crippen molar-refractivity contribution in [3.8, 4) is 11.6 Å². The summed E-state index contributed by atoms with van der Waals surface area (Å²) in [5.74, 6) is 0.978. The summed E-state index contributed by atoms with van der Waals surface area (Å²) < 4.78 is 5.15. The quantitative estimate of drug-likeness (QED) is 0.640. The van der Waals surface area contributed by atoms with Crippen molar-refractivity contribution in [1.82, 2.24) is 25.4 Å². The number of rotatable bonds is 8. The van der Waals surface area contributed by atoms with Crippen molar-refractivity contribution >= 4 is 11.6 Å². The van der Waals surface area contributed by atoms with Gasteiger partial charge in [-0.15, -0.1) is 0 Å². The van der Waals surface area contributed by atoms with Gasteiger partial charge in [0.05, 0.1) is 0 Å². The maximum absolute atomic E-state index is 12.1. The van der Waals surface area contributed by atoms with Crippen LogP contribution in [0.4, 0.5) is 5.69 Å². The van der Waals surface area contributed by atoms with Gasteiger partial charge in [-0.1, -0.05) is 24.2 Å². The highest BCUT2D eigenvalue weighted by Gasteiger charge is 2.12. The number of amides is 1. The number of aromatic nitrogens is 4. The van der Waals surface area contributed by atoms with E-state index in [9.17, 15) is 4.79 Å². The van der Waals surface area contributed by atoms with Crippen molar-refractivity contribution in [3.05, 3.63) is 54.2 Å². The smallest absolute Gasteiger partial charge is 0.240 e. The first-order valence-electron chi connectivity index (χ1n) is 8.44. The summed E-state index contributed by atoms with van der Waals surface area (Å²) in [7, 11) is 0. The van der Waals surface area contributed by atoms with E-state index >= 15 is 0 Å². The topological polar surface area (TPSA) is 106 Å². The van der Waals surface area contributed by atoms with Gasteiger partial charge in [0, 0.05) is 37.5 Å². The Balaban J connectivity index is 1.52. The van der Waals surface area contributed by atoms with Crippen LogP contribution in [0.15, 0.2) is 47.2 Å². The van der Waals surface area contributed by atoms with Crippen molar-refractivity contribution in [2.45, 2.75) is 26.3 Å². The Morgan fingerprint density at radius 1 is 1.15 bits per heavy atom. The Hall–Kier alpha value is -3.13. The SMILES string of the molecule is CCNCc1cccc(NC(=O)CCc2nc(-c3ncccn3)no2)c1. The highest BCUT2D eigenvalue weighted by molar-refractivity contribution is 5.90. The van der Waals surface area contributed by atoms with E-state index in [0.717, 1.165) is 24.3 Å². The molecule has 3 rings (SSSR count). The second-order valence-corrected chi connectivity index (χ2v) is 5.61. The summed E-state index contributed by atoms with van der Waals surface area (Å²) in [6.45, 7) is 3.72. The molecule has 3 aromatic rings. The van der Waals surface area contributed by atoms with Crippen LogP contribution in [0.25, 0.3) is 11.6 Å². The van der Waals surface area contributed by atoms with Gasteiger partial charge in [0.25, 0.3) is 0 Å². The lowest BCUT2D eigenvalue weighted by Crippen LogP contribution is -2.14. The van der Waals surface area contributed by atoms with Gasteiger partial charge in [0.2, 0.25) is 23.4 Å². The van der Waals surface area contributed by atoms with Crippen LogP contribution in [0.5, 0.6) is 0 Å². The lowest BCUT2D eigenvalue weighted by Gasteiger charge is -2.07. The van der Waals surface area contributed by atoms with Crippen molar-refractivity contribution < 1.29 is 9.32 Å². The van der Waals surface area contributed by atoms with Gasteiger partial charge in [0.1, 0.15) is 0 Å². The number of anilines is 1. The molecule has 2 heterocycles. The predicted octanol–water partition coefficient (Wildman–Crippen LogP) is 2.21. The van der Waals surface area contributed by atoms with Gasteiger partial charge in [0.15, 0.2) is 0 Å². The van der Waals surface area contributed by atoms with E-state index in [1.54, 1.807) is 18.5 Å². The second kappa shape index (κ2) is 8.82. The molecule has 0 atom stereocenters. The summed E-state index contributed by atoms with van der Waals surface area (Å²) in [5.41, 5.74) is 1.89. The van der Waals surface area contributed by atoms with Crippen molar-refractivity contribution in [1.29, 1.82) is 0 Å². The summed E-state index contributed by atoms with van der Waals surface area (Å²) in [6, 6.07) is 9.47. The highest BCUT2D eigenvalue weighted by Crippen LogP contribution is 2.13. The fraction of sp³-hybridized carbons (Fsp3) is 0.278. The minimum Gasteiger partial charge on any atom is -0.339 e. The second-order valence-electron chi connectivity index (χ2n) is 5.61. The van der Waals surface area contributed by atoms with Crippen LogP contribution < -0.4 is 10.6 Å². The molecule has 0 aliphatic heterocycles. The third kappa shape index (κ3) is 4.93. The molecule has 0 unspecified atom stereocenters. The van der Waals surface area contributed by atoms with E-state index in [4.69, 9.17) is 4.52 Å². The van der Waals surface area contributed by atoms with Gasteiger partial charge in [-0.3, -0.25) is 4.79 Å². The van der Waals surface area contributed by atoms with Gasteiger partial charge in [-0.2, -0.15) is 4.98 Å². The summed E-state index contributed by atoms with van der Waals surface area (Å²) in [4.78, 5) is 24.5. The monoisotopic (exact) mass is 352 g/mol. The average molecular weight is 352 g/mol. The number of hydrogen-bond donors (Lipinski definition) is 2. The average Bonchev–Trinajstić information content (AvgIpc) is 3.15. The molecular weight excluding hydrogens is 332 g/mol. The number of nitrogens with one attached hydrogen (secondary N) is 2. The van der Waals surface area contributed by atoms with Crippen LogP contribution in [0.3, 0.4) is 0 Å². The zero-order valence-corrected chi connectivity index (χ0v) is 14.5. The molecule has 0 bridgehead atoms. The first kappa shape index (κ1) is 17.7. The maximum atomic E-state index is 12.1. The summed E-state index contributed by atoms with van der Waals surface area (Å²) >= 11 is 0. The fourth-order valence-electron chi connectivity index (χ4n) is 2.33. The van der Waals surface area contributed by atoms with Gasteiger partial charge < -0.3 is 15.2 Å². The van der Waals surface area contributed by atoms with E-state index in [-0.39, 0.29) is 12.3 Å². The molecule has 8 heteroatoms. The first-order valence-corrected chi connectivity index (χ1v) is 8.44. The molecule has 1 aromatic carbocycles. The van der Waals surface area contributed by atoms with E-state index in [1.165, 1.54) is 0 Å². The van der Waals surface area contributed by atoms with Crippen LogP contribution in [0.1, 0.15) is 24.8 Å². The van der Waals surface area contributed by atoms with Gasteiger partial charge >= 0.3 is 0 Å². The van der Waals surface area contributed by atoms with Crippen molar-refractivity contribution in [2.24, 2.45) is 0 Å². The van der Waals surface area contributed by atoms with E-state index in [0.29, 0.717) is 24.0 Å². The minimum atomic E-state index is -0.110. The van der Waals surface area contributed by atoms with Crippen LogP contribution in [-0.4, -0.2) is 32.6 Å². The molecule has 2 aromatic heterocycles. The third-order valence-corrected chi connectivity index (χ3v) is 3.59. The Morgan fingerprint density at radius 2 is 2.00 bits per heavy atom. The Kier molecular flexibility index (Phi) is 6.00. The third-order valence-electron chi connectivity index (χ3n) is 3.59. The fourth-order valence-corrected chi connectivity index (χ4v) is 2.33. The molecule has 2 N–H and O–H groups in total. The first-order chi connectivity index (χ1) is 12.7. The van der Waals surface area contributed by atoms with Gasteiger partial charge in [-0.25, -0.2) is 9.97 Å². The molecule has 0 saturated heterocycles. The summed E-state index contributed by atoms with van der Waals surface area (Å²) in [6.07, 6.45) is 3.81. The molecule has 0 spiro atoms. The van der Waals surface area contributed by atoms with E-state index in [1.807, 2.05) is 24.3 Å². The number of nitrogens with zero attached hydrogens (tertiary/aromatic N) is 4. The molecular formula is C18H20N6O2. The number of hydrogen-bond acceptors (Lipinski definition) is 7. The molecule has 0 aliphatic rings. The highest BCUT2D eigenvalue weighted by atomic mass is 16.5. The van der Waals surface area contributed by atoms with E-state index < -0.39 is 0 Å². The van der Waals surface area contributed by atoms with E-state index in [2.05, 4.69) is 37.7 Å². The minimum absolute atomic E-state index is 0.110. The Morgan fingerprint density at radius 3 is 2.81 bits per heavy atom. The molecule has 1 amide bonds. The normalized spacial score (nSPS) is 10.7. The molecule has 0 fully saturated rings. The van der Waals surface area contributed by atoms with Crippen LogP contribution >= 0.6 is 0 Å². The number of benzene rings is 1. The lowest BCUT2D eigenvalue weighted by atomic mass is 10.2. The zero-order valence-electron chi connectivity index (χ0n) is 14.5. The van der Waals surface area contributed by atoms with Crippen molar-refractivity contribution in [2.75, 3.05) is 11.9 Å². The Labute approximate surface area is 151 Å². The standard InChI is InChI=1S/C18H20N6O2/c1-2-19-12-13-5-3-6-14(11-13)22-15(25)7-8-16-23-18(24-26-16)17-20-9-4-10-21-17/h3-6,9-11,19H,2,7-8,12H2,1H3,(H,22,25). The number of aryl methyl sites for hydroxylation is 1. The van der Waals surface area contributed by atoms with Gasteiger partial charge in [-0.05, 0) is 30.3 Å².